The van der Waals surface area contributed by atoms with Crippen molar-refractivity contribution in [2.75, 3.05) is 19.0 Å². The lowest BCUT2D eigenvalue weighted by Gasteiger charge is -2.18. The van der Waals surface area contributed by atoms with Crippen molar-refractivity contribution in [3.05, 3.63) is 29.0 Å². The monoisotopic (exact) mass is 221 g/mol. The van der Waals surface area contributed by atoms with Gasteiger partial charge in [-0.05, 0) is 17.7 Å². The first kappa shape index (κ1) is 10.9. The Bertz CT molecular complexity index is 493. The zero-order valence-electron chi connectivity index (χ0n) is 9.14. The summed E-state index contributed by atoms with van der Waals surface area (Å²) in [6.07, 6.45) is 0. The third kappa shape index (κ3) is 2.13. The van der Waals surface area contributed by atoms with Gasteiger partial charge in [0.05, 0.1) is 11.0 Å². The van der Waals surface area contributed by atoms with Crippen LogP contribution in [-0.4, -0.2) is 34.5 Å². The number of rotatable bonds is 3. The number of anilines is 1. The average Bonchev–Trinajstić information content (AvgIpc) is 2.59. The number of aromatic amines is 1. The molecule has 0 amide bonds. The van der Waals surface area contributed by atoms with E-state index in [4.69, 9.17) is 5.21 Å². The molecule has 0 unspecified atom stereocenters. The summed E-state index contributed by atoms with van der Waals surface area (Å²) in [7, 11) is 3.79. The Hall–Kier alpha value is -1.63. The summed E-state index contributed by atoms with van der Waals surface area (Å²) in [5, 5.41) is 19.0. The predicted octanol–water partition coefficient (Wildman–Crippen LogP) is 1.32. The molecule has 0 atom stereocenters. The van der Waals surface area contributed by atoms with E-state index in [1.807, 2.05) is 25.1 Å². The van der Waals surface area contributed by atoms with E-state index in [9.17, 15) is 5.21 Å². The molecule has 1 aromatic carbocycles. The van der Waals surface area contributed by atoms with E-state index in [0.29, 0.717) is 0 Å². The minimum absolute atomic E-state index is 0.0493. The molecule has 2 N–H and O–H groups in total. The number of hydrogen-bond acceptors (Lipinski definition) is 5. The quantitative estimate of drug-likeness (QED) is 0.764. The van der Waals surface area contributed by atoms with Gasteiger partial charge in [-0.3, -0.25) is 5.23 Å². The van der Waals surface area contributed by atoms with Crippen LogP contribution in [0.5, 0.6) is 0 Å². The minimum atomic E-state index is -0.0929. The first-order valence-electron chi connectivity index (χ1n) is 4.86. The highest BCUT2D eigenvalue weighted by molar-refractivity contribution is 5.78. The van der Waals surface area contributed by atoms with Gasteiger partial charge in [-0.1, -0.05) is 6.07 Å². The summed E-state index contributed by atoms with van der Waals surface area (Å²) < 4.78 is 0. The maximum Gasteiger partial charge on any atom is 0.203 e. The SMILES string of the molecule is CN(C)c1nc2ccc(CN([O-])O)cc2[nH]1. The van der Waals surface area contributed by atoms with E-state index < -0.39 is 0 Å². The highest BCUT2D eigenvalue weighted by Gasteiger charge is 2.04. The average molecular weight is 221 g/mol. The van der Waals surface area contributed by atoms with Gasteiger partial charge in [0.1, 0.15) is 0 Å². The molecule has 0 aliphatic rings. The number of hydroxylamine groups is 2. The molecule has 16 heavy (non-hydrogen) atoms. The summed E-state index contributed by atoms with van der Waals surface area (Å²) in [4.78, 5) is 9.34. The van der Waals surface area contributed by atoms with Crippen LogP contribution in [0.2, 0.25) is 0 Å². The molecule has 0 saturated carbocycles. The van der Waals surface area contributed by atoms with Crippen molar-refractivity contribution in [1.29, 1.82) is 0 Å². The van der Waals surface area contributed by atoms with Gasteiger partial charge in [-0.15, -0.1) is 0 Å². The minimum Gasteiger partial charge on any atom is -0.762 e. The van der Waals surface area contributed by atoms with Crippen molar-refractivity contribution in [3.8, 4) is 0 Å². The van der Waals surface area contributed by atoms with Crippen LogP contribution in [0.15, 0.2) is 18.2 Å². The molecular formula is C10H13N4O2-. The number of hydrogen-bond donors (Lipinski definition) is 2. The normalized spacial score (nSPS) is 11.3. The third-order valence-electron chi connectivity index (χ3n) is 2.28. The zero-order chi connectivity index (χ0) is 11.7. The topological polar surface area (TPSA) is 78.5 Å². The zero-order valence-corrected chi connectivity index (χ0v) is 9.14. The van der Waals surface area contributed by atoms with Gasteiger partial charge in [0, 0.05) is 20.6 Å². The lowest BCUT2D eigenvalue weighted by molar-refractivity contribution is -0.0487. The lowest BCUT2D eigenvalue weighted by Crippen LogP contribution is -2.09. The molecule has 0 bridgehead atoms. The number of nitrogens with zero attached hydrogens (tertiary/aromatic N) is 3. The van der Waals surface area contributed by atoms with Crippen molar-refractivity contribution in [2.24, 2.45) is 0 Å². The second-order valence-electron chi connectivity index (χ2n) is 3.82. The standard InChI is InChI=1S/C10H13N4O2/c1-13(2)10-11-8-4-3-7(6-14(15)16)5-9(8)12-10/h3-5,15H,6H2,1-2H3,(H,11,12)/q-1. The Balaban J connectivity index is 2.38. The fourth-order valence-corrected chi connectivity index (χ4v) is 1.51. The maximum absolute atomic E-state index is 10.5. The van der Waals surface area contributed by atoms with Crippen LogP contribution >= 0.6 is 0 Å². The summed E-state index contributed by atoms with van der Waals surface area (Å²) in [6.45, 7) is -0.0493. The molecule has 0 fully saturated rings. The second kappa shape index (κ2) is 4.09. The number of aromatic nitrogens is 2. The summed E-state index contributed by atoms with van der Waals surface area (Å²) >= 11 is 0. The second-order valence-corrected chi connectivity index (χ2v) is 3.82. The van der Waals surface area contributed by atoms with E-state index in [1.54, 1.807) is 12.1 Å². The van der Waals surface area contributed by atoms with Gasteiger partial charge in [0.2, 0.25) is 5.95 Å². The molecule has 1 heterocycles. The van der Waals surface area contributed by atoms with Crippen LogP contribution in [0.4, 0.5) is 5.95 Å². The molecule has 0 radical (unpaired) electrons. The fraction of sp³-hybridized carbons (Fsp3) is 0.300. The van der Waals surface area contributed by atoms with Gasteiger partial charge in [0.15, 0.2) is 0 Å². The molecular weight excluding hydrogens is 208 g/mol. The Morgan fingerprint density at radius 3 is 2.81 bits per heavy atom. The van der Waals surface area contributed by atoms with Gasteiger partial charge < -0.3 is 20.3 Å². The fourth-order valence-electron chi connectivity index (χ4n) is 1.51. The first-order chi connectivity index (χ1) is 7.56. The number of H-pyrrole nitrogens is 1. The van der Waals surface area contributed by atoms with Gasteiger partial charge in [0.25, 0.3) is 0 Å². The Morgan fingerprint density at radius 1 is 1.44 bits per heavy atom. The smallest absolute Gasteiger partial charge is 0.203 e. The molecule has 0 saturated heterocycles. The molecule has 2 rings (SSSR count). The van der Waals surface area contributed by atoms with Crippen molar-refractivity contribution < 1.29 is 5.21 Å². The van der Waals surface area contributed by atoms with Crippen LogP contribution in [-0.2, 0) is 6.54 Å². The third-order valence-corrected chi connectivity index (χ3v) is 2.28. The predicted molar refractivity (Wildman–Crippen MR) is 61.1 cm³/mol. The molecule has 0 spiro atoms. The maximum atomic E-state index is 10.5. The van der Waals surface area contributed by atoms with E-state index in [1.165, 1.54) is 0 Å². The van der Waals surface area contributed by atoms with Crippen LogP contribution in [0.25, 0.3) is 11.0 Å². The Kier molecular flexibility index (Phi) is 2.78. The molecule has 86 valence electrons. The molecule has 0 aliphatic heterocycles. The molecule has 2 aromatic rings. The van der Waals surface area contributed by atoms with Crippen LogP contribution in [0.3, 0.4) is 0 Å². The summed E-state index contributed by atoms with van der Waals surface area (Å²) in [6, 6.07) is 5.39. The van der Waals surface area contributed by atoms with Crippen LogP contribution in [0, 0.1) is 5.21 Å². The first-order valence-corrected chi connectivity index (χ1v) is 4.86. The largest absolute Gasteiger partial charge is 0.762 e. The van der Waals surface area contributed by atoms with E-state index in [2.05, 4.69) is 9.97 Å². The Labute approximate surface area is 92.7 Å². The van der Waals surface area contributed by atoms with Crippen LogP contribution < -0.4 is 4.90 Å². The Morgan fingerprint density at radius 2 is 2.19 bits per heavy atom. The summed E-state index contributed by atoms with van der Waals surface area (Å²) in [5.74, 6) is 0.759. The van der Waals surface area contributed by atoms with Crippen molar-refractivity contribution >= 4 is 17.0 Å². The van der Waals surface area contributed by atoms with Gasteiger partial charge >= 0.3 is 0 Å². The van der Waals surface area contributed by atoms with Crippen molar-refractivity contribution in [3.63, 3.8) is 0 Å². The highest BCUT2D eigenvalue weighted by atomic mass is 16.8. The van der Waals surface area contributed by atoms with E-state index in [0.717, 1.165) is 22.5 Å². The van der Waals surface area contributed by atoms with Gasteiger partial charge in [-0.2, -0.15) is 0 Å². The number of benzene rings is 1. The van der Waals surface area contributed by atoms with Crippen molar-refractivity contribution in [1.82, 2.24) is 15.2 Å². The highest BCUT2D eigenvalue weighted by Crippen LogP contribution is 2.17. The molecule has 1 aromatic heterocycles. The molecule has 0 aliphatic carbocycles. The van der Waals surface area contributed by atoms with Gasteiger partial charge in [-0.25, -0.2) is 4.98 Å². The number of imidazole rings is 1. The van der Waals surface area contributed by atoms with Crippen molar-refractivity contribution in [2.45, 2.75) is 6.54 Å². The molecule has 6 heteroatoms. The summed E-state index contributed by atoms with van der Waals surface area (Å²) in [5.41, 5.74) is 2.42. The van der Waals surface area contributed by atoms with E-state index in [-0.39, 0.29) is 11.8 Å². The van der Waals surface area contributed by atoms with E-state index >= 15 is 0 Å². The number of nitrogens with one attached hydrogen (secondary N) is 1. The number of fused-ring (bicyclic) bond motifs is 1. The van der Waals surface area contributed by atoms with Crippen LogP contribution in [0.1, 0.15) is 5.56 Å². The molecule has 6 nitrogen and oxygen atoms in total. The lowest BCUT2D eigenvalue weighted by atomic mass is 10.2.